The van der Waals surface area contributed by atoms with Gasteiger partial charge in [0, 0.05) is 19.2 Å². The van der Waals surface area contributed by atoms with Gasteiger partial charge in [-0.25, -0.2) is 4.98 Å². The first-order chi connectivity index (χ1) is 15.9. The molecule has 4 rings (SSSR count). The number of rotatable bonds is 8. The Labute approximate surface area is 193 Å². The van der Waals surface area contributed by atoms with E-state index in [1.807, 2.05) is 25.1 Å². The number of nitrogens with one attached hydrogen (secondary N) is 1. The highest BCUT2D eigenvalue weighted by Gasteiger charge is 2.47. The standard InChI is InChI=1S/C25H30N4O4/c1-5-27(6-2)13-9-15-29-22(18-12-11-16(3)33-18)20(24(31)25(29)32)23(30)21-17(4)26-19-10-7-8-14-28(19)21/h7-8,10-12,14,22,30H,5-6,9,13,15H2,1-4H3/p+1/b23-20-/t22-/m0/s1. The maximum absolute atomic E-state index is 13.2. The van der Waals surface area contributed by atoms with Gasteiger partial charge in [0.2, 0.25) is 0 Å². The number of likely N-dealkylation sites (tertiary alicyclic amines) is 1. The van der Waals surface area contributed by atoms with E-state index in [0.29, 0.717) is 35.1 Å². The van der Waals surface area contributed by atoms with Crippen molar-refractivity contribution < 1.29 is 24.0 Å². The largest absolute Gasteiger partial charge is 0.505 e. The molecule has 0 radical (unpaired) electrons. The van der Waals surface area contributed by atoms with E-state index in [0.717, 1.165) is 26.1 Å². The molecule has 4 heterocycles. The van der Waals surface area contributed by atoms with Crippen molar-refractivity contribution in [3.8, 4) is 0 Å². The smallest absolute Gasteiger partial charge is 0.295 e. The summed E-state index contributed by atoms with van der Waals surface area (Å²) < 4.78 is 7.59. The number of aromatic nitrogens is 2. The summed E-state index contributed by atoms with van der Waals surface area (Å²) in [6.45, 7) is 11.2. The van der Waals surface area contributed by atoms with Crippen molar-refractivity contribution in [2.24, 2.45) is 0 Å². The van der Waals surface area contributed by atoms with Gasteiger partial charge in [-0.1, -0.05) is 6.07 Å². The second-order valence-corrected chi connectivity index (χ2v) is 8.48. The van der Waals surface area contributed by atoms with Crippen LogP contribution in [-0.4, -0.2) is 57.3 Å². The number of carbonyl (C=O) groups excluding carboxylic acids is 2. The predicted octanol–water partition coefficient (Wildman–Crippen LogP) is 2.28. The molecule has 0 unspecified atom stereocenters. The second kappa shape index (κ2) is 9.23. The van der Waals surface area contributed by atoms with Crippen LogP contribution in [0, 0.1) is 13.8 Å². The molecule has 1 atom stereocenters. The molecule has 174 valence electrons. The molecule has 0 bridgehead atoms. The number of Topliss-reactive ketones (excluding diaryl/α,β-unsaturated/α-hetero) is 1. The van der Waals surface area contributed by atoms with Crippen LogP contribution in [0.4, 0.5) is 0 Å². The Morgan fingerprint density at radius 3 is 2.58 bits per heavy atom. The molecule has 8 heteroatoms. The van der Waals surface area contributed by atoms with Gasteiger partial charge in [-0.15, -0.1) is 0 Å². The summed E-state index contributed by atoms with van der Waals surface area (Å²) in [7, 11) is 0. The van der Waals surface area contributed by atoms with Gasteiger partial charge in [0.15, 0.2) is 5.76 Å². The lowest BCUT2D eigenvalue weighted by Crippen LogP contribution is -3.11. The molecule has 1 aliphatic rings. The van der Waals surface area contributed by atoms with Gasteiger partial charge >= 0.3 is 0 Å². The van der Waals surface area contributed by atoms with Crippen LogP contribution in [0.3, 0.4) is 0 Å². The van der Waals surface area contributed by atoms with Crippen LogP contribution in [0.25, 0.3) is 11.4 Å². The van der Waals surface area contributed by atoms with Gasteiger partial charge in [-0.05, 0) is 52.0 Å². The average Bonchev–Trinajstić information content (AvgIpc) is 3.45. The molecule has 33 heavy (non-hydrogen) atoms. The average molecular weight is 452 g/mol. The van der Waals surface area contributed by atoms with E-state index in [2.05, 4.69) is 18.8 Å². The van der Waals surface area contributed by atoms with E-state index in [4.69, 9.17) is 4.42 Å². The maximum Gasteiger partial charge on any atom is 0.295 e. The molecular weight excluding hydrogens is 420 g/mol. The number of nitrogens with zero attached hydrogens (tertiary/aromatic N) is 3. The third-order valence-electron chi connectivity index (χ3n) is 6.43. The van der Waals surface area contributed by atoms with Crippen molar-refractivity contribution in [2.75, 3.05) is 26.2 Å². The molecule has 8 nitrogen and oxygen atoms in total. The zero-order chi connectivity index (χ0) is 23.7. The molecule has 3 aromatic rings. The summed E-state index contributed by atoms with van der Waals surface area (Å²) in [5.74, 6) is -0.409. The summed E-state index contributed by atoms with van der Waals surface area (Å²) in [5, 5.41) is 11.4. The van der Waals surface area contributed by atoms with Gasteiger partial charge in [-0.3, -0.25) is 14.0 Å². The summed E-state index contributed by atoms with van der Waals surface area (Å²) >= 11 is 0. The highest BCUT2D eigenvalue weighted by atomic mass is 16.3. The Morgan fingerprint density at radius 1 is 1.15 bits per heavy atom. The van der Waals surface area contributed by atoms with Gasteiger partial charge < -0.3 is 19.3 Å². The van der Waals surface area contributed by atoms with Gasteiger partial charge in [0.25, 0.3) is 11.7 Å². The van der Waals surface area contributed by atoms with E-state index in [9.17, 15) is 14.7 Å². The molecule has 3 aromatic heterocycles. The summed E-state index contributed by atoms with van der Waals surface area (Å²) in [6.07, 6.45) is 2.52. The number of aliphatic hydroxyl groups is 1. The minimum atomic E-state index is -0.779. The van der Waals surface area contributed by atoms with Crippen LogP contribution in [0.5, 0.6) is 0 Å². The second-order valence-electron chi connectivity index (χ2n) is 8.48. The predicted molar refractivity (Wildman–Crippen MR) is 124 cm³/mol. The first-order valence-electron chi connectivity index (χ1n) is 11.5. The molecule has 0 aromatic carbocycles. The van der Waals surface area contributed by atoms with E-state index < -0.39 is 17.7 Å². The van der Waals surface area contributed by atoms with E-state index in [-0.39, 0.29) is 11.3 Å². The number of hydrogen-bond acceptors (Lipinski definition) is 5. The van der Waals surface area contributed by atoms with Crippen molar-refractivity contribution in [1.29, 1.82) is 0 Å². The van der Waals surface area contributed by atoms with Crippen molar-refractivity contribution in [3.05, 3.63) is 65.0 Å². The van der Waals surface area contributed by atoms with Crippen LogP contribution in [0.2, 0.25) is 0 Å². The van der Waals surface area contributed by atoms with Crippen molar-refractivity contribution in [2.45, 2.75) is 40.2 Å². The first kappa shape index (κ1) is 22.8. The number of ketones is 1. The maximum atomic E-state index is 13.2. The molecule has 0 aliphatic carbocycles. The number of aliphatic hydroxyl groups excluding tert-OH is 1. The third kappa shape index (κ3) is 4.06. The molecule has 1 fully saturated rings. The molecule has 2 N–H and O–H groups in total. The molecular formula is C25H31N4O4+. The highest BCUT2D eigenvalue weighted by molar-refractivity contribution is 6.46. The lowest BCUT2D eigenvalue weighted by Gasteiger charge is -2.24. The number of furan rings is 1. The highest BCUT2D eigenvalue weighted by Crippen LogP contribution is 2.40. The Bertz CT molecular complexity index is 1220. The Hall–Kier alpha value is -3.39. The number of hydrogen-bond donors (Lipinski definition) is 2. The van der Waals surface area contributed by atoms with E-state index in [1.165, 1.54) is 9.80 Å². The normalized spacial score (nSPS) is 18.2. The molecule has 0 spiro atoms. The summed E-state index contributed by atoms with van der Waals surface area (Å²) in [6, 6.07) is 8.29. The van der Waals surface area contributed by atoms with E-state index >= 15 is 0 Å². The van der Waals surface area contributed by atoms with Crippen LogP contribution in [-0.2, 0) is 9.59 Å². The van der Waals surface area contributed by atoms with Gasteiger partial charge in [0.1, 0.15) is 28.9 Å². The quantitative estimate of drug-likeness (QED) is 0.311. The Balaban J connectivity index is 1.79. The van der Waals surface area contributed by atoms with Gasteiger partial charge in [-0.2, -0.15) is 0 Å². The molecule has 0 saturated carbocycles. The lowest BCUT2D eigenvalue weighted by molar-refractivity contribution is -0.896. The number of carbonyl (C=O) groups is 2. The molecule has 1 saturated heterocycles. The first-order valence-corrected chi connectivity index (χ1v) is 11.5. The number of amides is 1. The minimum Gasteiger partial charge on any atom is -0.505 e. The SMILES string of the molecule is CC[NH+](CC)CCCN1C(=O)C(=O)/C(=C(\O)c2c(C)nc3ccccn23)[C@@H]1c1ccc(C)o1. The Morgan fingerprint density at radius 2 is 1.91 bits per heavy atom. The fourth-order valence-electron chi connectivity index (χ4n) is 4.64. The Kier molecular flexibility index (Phi) is 6.37. The zero-order valence-corrected chi connectivity index (χ0v) is 19.6. The summed E-state index contributed by atoms with van der Waals surface area (Å²) in [5.41, 5.74) is 1.67. The van der Waals surface area contributed by atoms with Crippen LogP contribution < -0.4 is 4.90 Å². The fraction of sp³-hybridized carbons (Fsp3) is 0.400. The number of aryl methyl sites for hydroxylation is 2. The van der Waals surface area contributed by atoms with Crippen molar-refractivity contribution in [3.63, 3.8) is 0 Å². The van der Waals surface area contributed by atoms with Gasteiger partial charge in [0.05, 0.1) is 30.9 Å². The third-order valence-corrected chi connectivity index (χ3v) is 6.43. The number of fused-ring (bicyclic) bond motifs is 1. The van der Waals surface area contributed by atoms with Crippen molar-refractivity contribution in [1.82, 2.24) is 14.3 Å². The minimum absolute atomic E-state index is 0.0401. The van der Waals surface area contributed by atoms with Crippen LogP contribution in [0.1, 0.15) is 49.2 Å². The van der Waals surface area contributed by atoms with E-state index in [1.54, 1.807) is 29.7 Å². The molecule has 1 amide bonds. The lowest BCUT2D eigenvalue weighted by atomic mass is 10.0. The summed E-state index contributed by atoms with van der Waals surface area (Å²) in [4.78, 5) is 33.8. The number of quaternary nitrogens is 1. The van der Waals surface area contributed by atoms with Crippen molar-refractivity contribution >= 4 is 23.1 Å². The topological polar surface area (TPSA) is 92.5 Å². The number of imidazole rings is 1. The number of pyridine rings is 1. The van der Waals surface area contributed by atoms with Crippen LogP contribution in [0.15, 0.2) is 46.5 Å². The monoisotopic (exact) mass is 451 g/mol. The zero-order valence-electron chi connectivity index (χ0n) is 19.6. The fourth-order valence-corrected chi connectivity index (χ4v) is 4.64. The van der Waals surface area contributed by atoms with Crippen LogP contribution >= 0.6 is 0 Å². The molecule has 1 aliphatic heterocycles.